The molecule has 0 aliphatic carbocycles. The summed E-state index contributed by atoms with van der Waals surface area (Å²) in [7, 11) is 0. The number of terminal acetylenes is 1. The van der Waals surface area contributed by atoms with Crippen LogP contribution >= 0.6 is 0 Å². The van der Waals surface area contributed by atoms with Gasteiger partial charge in [0.05, 0.1) is 12.2 Å². The summed E-state index contributed by atoms with van der Waals surface area (Å²) in [6.07, 6.45) is 5.20. The molecule has 0 spiro atoms. The Morgan fingerprint density at radius 2 is 1.93 bits per heavy atom. The van der Waals surface area contributed by atoms with E-state index in [-0.39, 0.29) is 6.61 Å². The molecular formula is C11H12O3. The molecular weight excluding hydrogens is 180 g/mol. The van der Waals surface area contributed by atoms with Crippen LogP contribution < -0.4 is 0 Å². The first-order valence-electron chi connectivity index (χ1n) is 4.05. The van der Waals surface area contributed by atoms with Crippen LogP contribution in [0.3, 0.4) is 0 Å². The van der Waals surface area contributed by atoms with E-state index >= 15 is 0 Å². The van der Waals surface area contributed by atoms with E-state index in [4.69, 9.17) is 16.6 Å². The molecule has 0 fully saturated rings. The van der Waals surface area contributed by atoms with Gasteiger partial charge in [0.25, 0.3) is 0 Å². The van der Waals surface area contributed by atoms with Crippen molar-refractivity contribution in [2.24, 2.45) is 0 Å². The fourth-order valence-electron chi connectivity index (χ4n) is 0.645. The number of carboxylic acids is 1. The number of rotatable bonds is 2. The number of hydrogen-bond donors (Lipinski definition) is 2. The Morgan fingerprint density at radius 1 is 1.36 bits per heavy atom. The lowest BCUT2D eigenvalue weighted by molar-refractivity contribution is 0.0697. The summed E-state index contributed by atoms with van der Waals surface area (Å²) in [5.74, 6) is 1.39. The average Bonchev–Trinajstić information content (AvgIpc) is 2.21. The lowest BCUT2D eigenvalue weighted by Gasteiger charge is -1.88. The van der Waals surface area contributed by atoms with Crippen LogP contribution in [-0.4, -0.2) is 22.8 Å². The van der Waals surface area contributed by atoms with Crippen molar-refractivity contribution in [3.8, 4) is 12.3 Å². The molecule has 3 nitrogen and oxygen atoms in total. The Hall–Kier alpha value is -1.79. The first-order valence-corrected chi connectivity index (χ1v) is 4.05. The van der Waals surface area contributed by atoms with Crippen molar-refractivity contribution in [1.82, 2.24) is 0 Å². The molecule has 0 heterocycles. The maximum Gasteiger partial charge on any atom is 0.335 e. The van der Waals surface area contributed by atoms with Crippen molar-refractivity contribution in [2.75, 3.05) is 6.61 Å². The molecule has 1 aromatic rings. The Balaban J connectivity index is 0.000000292. The average molecular weight is 192 g/mol. The third kappa shape index (κ3) is 5.81. The van der Waals surface area contributed by atoms with Crippen LogP contribution in [0.1, 0.15) is 16.8 Å². The highest BCUT2D eigenvalue weighted by Gasteiger charge is 1.96. The zero-order chi connectivity index (χ0) is 10.8. The highest BCUT2D eigenvalue weighted by Crippen LogP contribution is 1.96. The summed E-state index contributed by atoms with van der Waals surface area (Å²) in [4.78, 5) is 10.2. The predicted molar refractivity (Wildman–Crippen MR) is 53.9 cm³/mol. The lowest BCUT2D eigenvalue weighted by atomic mass is 10.2. The molecule has 1 aromatic carbocycles. The van der Waals surface area contributed by atoms with Crippen molar-refractivity contribution in [1.29, 1.82) is 0 Å². The van der Waals surface area contributed by atoms with Crippen LogP contribution in [0.2, 0.25) is 0 Å². The molecule has 0 saturated carbocycles. The molecule has 0 aliphatic rings. The van der Waals surface area contributed by atoms with E-state index in [1.54, 1.807) is 30.3 Å². The van der Waals surface area contributed by atoms with Gasteiger partial charge in [0, 0.05) is 6.42 Å². The van der Waals surface area contributed by atoms with Crippen LogP contribution in [-0.2, 0) is 0 Å². The molecule has 0 atom stereocenters. The molecule has 3 heteroatoms. The van der Waals surface area contributed by atoms with E-state index in [9.17, 15) is 4.79 Å². The van der Waals surface area contributed by atoms with E-state index < -0.39 is 5.97 Å². The predicted octanol–water partition coefficient (Wildman–Crippen LogP) is 1.39. The van der Waals surface area contributed by atoms with Crippen LogP contribution in [0.15, 0.2) is 30.3 Å². The maximum atomic E-state index is 10.2. The van der Waals surface area contributed by atoms with Gasteiger partial charge in [-0.25, -0.2) is 4.79 Å². The van der Waals surface area contributed by atoms with Crippen molar-refractivity contribution in [3.05, 3.63) is 35.9 Å². The quantitative estimate of drug-likeness (QED) is 0.696. The van der Waals surface area contributed by atoms with Gasteiger partial charge < -0.3 is 10.2 Å². The van der Waals surface area contributed by atoms with Crippen LogP contribution in [0.4, 0.5) is 0 Å². The minimum absolute atomic E-state index is 0.108. The van der Waals surface area contributed by atoms with Gasteiger partial charge in [-0.2, -0.15) is 0 Å². The van der Waals surface area contributed by atoms with Crippen LogP contribution in [0.5, 0.6) is 0 Å². The summed E-state index contributed by atoms with van der Waals surface area (Å²) < 4.78 is 0. The molecule has 2 N–H and O–H groups in total. The summed E-state index contributed by atoms with van der Waals surface area (Å²) in [5, 5.41) is 16.3. The molecule has 0 unspecified atom stereocenters. The van der Waals surface area contributed by atoms with Gasteiger partial charge in [-0.05, 0) is 12.1 Å². The molecule has 0 amide bonds. The number of carbonyl (C=O) groups is 1. The monoisotopic (exact) mass is 192 g/mol. The van der Waals surface area contributed by atoms with Gasteiger partial charge in [0.1, 0.15) is 0 Å². The lowest BCUT2D eigenvalue weighted by Crippen LogP contribution is -1.93. The first kappa shape index (κ1) is 12.2. The van der Waals surface area contributed by atoms with Gasteiger partial charge in [-0.1, -0.05) is 18.2 Å². The number of hydrogen-bond acceptors (Lipinski definition) is 2. The van der Waals surface area contributed by atoms with Crippen molar-refractivity contribution in [2.45, 2.75) is 6.42 Å². The molecule has 0 bridgehead atoms. The molecule has 14 heavy (non-hydrogen) atoms. The zero-order valence-corrected chi connectivity index (χ0v) is 7.68. The first-order chi connectivity index (χ1) is 6.72. The third-order valence-corrected chi connectivity index (χ3v) is 1.28. The number of benzene rings is 1. The second-order valence-electron chi connectivity index (χ2n) is 2.35. The Bertz CT molecular complexity index is 298. The van der Waals surface area contributed by atoms with Crippen molar-refractivity contribution < 1.29 is 15.0 Å². The van der Waals surface area contributed by atoms with E-state index in [0.717, 1.165) is 0 Å². The summed E-state index contributed by atoms with van der Waals surface area (Å²) in [6, 6.07) is 8.30. The standard InChI is InChI=1S/C7H6O2.C4H6O/c8-7(9)6-4-2-1-3-5-6;1-2-3-4-5/h1-5H,(H,8,9);1,5H,3-4H2. The molecule has 74 valence electrons. The second kappa shape index (κ2) is 7.84. The minimum atomic E-state index is -0.879. The highest BCUT2D eigenvalue weighted by atomic mass is 16.4. The van der Waals surface area contributed by atoms with Gasteiger partial charge in [0.15, 0.2) is 0 Å². The summed E-state index contributed by atoms with van der Waals surface area (Å²) >= 11 is 0. The van der Waals surface area contributed by atoms with E-state index in [1.807, 2.05) is 0 Å². The third-order valence-electron chi connectivity index (χ3n) is 1.28. The van der Waals surface area contributed by atoms with Crippen LogP contribution in [0.25, 0.3) is 0 Å². The second-order valence-corrected chi connectivity index (χ2v) is 2.35. The van der Waals surface area contributed by atoms with E-state index in [1.165, 1.54) is 0 Å². The molecule has 1 rings (SSSR count). The van der Waals surface area contributed by atoms with Crippen LogP contribution in [0, 0.1) is 12.3 Å². The fourth-order valence-corrected chi connectivity index (χ4v) is 0.645. The fraction of sp³-hybridized carbons (Fsp3) is 0.182. The van der Waals surface area contributed by atoms with E-state index in [0.29, 0.717) is 12.0 Å². The number of carboxylic acid groups (broad SMARTS) is 1. The zero-order valence-electron chi connectivity index (χ0n) is 7.68. The van der Waals surface area contributed by atoms with Gasteiger partial charge in [-0.15, -0.1) is 12.3 Å². The number of aliphatic hydroxyl groups excluding tert-OH is 1. The van der Waals surface area contributed by atoms with Crippen molar-refractivity contribution >= 4 is 5.97 Å². The number of aromatic carboxylic acids is 1. The van der Waals surface area contributed by atoms with Gasteiger partial charge >= 0.3 is 5.97 Å². The van der Waals surface area contributed by atoms with Gasteiger partial charge in [-0.3, -0.25) is 0 Å². The summed E-state index contributed by atoms with van der Waals surface area (Å²) in [6.45, 7) is 0.108. The molecule has 0 aliphatic heterocycles. The Labute approximate surface area is 83.0 Å². The number of aliphatic hydroxyl groups is 1. The smallest absolute Gasteiger partial charge is 0.335 e. The highest BCUT2D eigenvalue weighted by molar-refractivity contribution is 5.87. The normalized spacial score (nSPS) is 8.00. The summed E-state index contributed by atoms with van der Waals surface area (Å²) in [5.41, 5.74) is 0.331. The van der Waals surface area contributed by atoms with E-state index in [2.05, 4.69) is 5.92 Å². The molecule has 0 aromatic heterocycles. The minimum Gasteiger partial charge on any atom is -0.478 e. The molecule has 0 radical (unpaired) electrons. The largest absolute Gasteiger partial charge is 0.478 e. The maximum absolute atomic E-state index is 10.2. The SMILES string of the molecule is C#CCCO.O=C(O)c1ccccc1. The van der Waals surface area contributed by atoms with Crippen molar-refractivity contribution in [3.63, 3.8) is 0 Å². The Kier molecular flexibility index (Phi) is 6.84. The topological polar surface area (TPSA) is 57.5 Å². The Morgan fingerprint density at radius 3 is 2.14 bits per heavy atom. The molecule has 0 saturated heterocycles. The van der Waals surface area contributed by atoms with Gasteiger partial charge in [0.2, 0.25) is 0 Å².